The fourth-order valence-electron chi connectivity index (χ4n) is 3.07. The molecular weight excluding hydrogens is 413 g/mol. The van der Waals surface area contributed by atoms with Crippen LogP contribution in [0.3, 0.4) is 0 Å². The molecule has 0 unspecified atom stereocenters. The summed E-state index contributed by atoms with van der Waals surface area (Å²) in [6.45, 7) is 1.75. The van der Waals surface area contributed by atoms with Crippen LogP contribution in [0.5, 0.6) is 0 Å². The molecule has 1 aliphatic heterocycles. The zero-order valence-corrected chi connectivity index (χ0v) is 15.5. The molecule has 0 saturated heterocycles. The minimum Gasteiger partial charge on any atom is -0.454 e. The van der Waals surface area contributed by atoms with Crippen molar-refractivity contribution in [1.29, 1.82) is 0 Å². The number of hydrogen-bond acceptors (Lipinski definition) is 5. The highest BCUT2D eigenvalue weighted by atomic mass is 32.2. The number of hydrogen-bond donors (Lipinski definition) is 1. The minimum atomic E-state index is -4.82. The number of aromatic nitrogens is 2. The lowest BCUT2D eigenvalue weighted by Gasteiger charge is -2.15. The van der Waals surface area contributed by atoms with Crippen molar-refractivity contribution in [1.82, 2.24) is 8.96 Å². The summed E-state index contributed by atoms with van der Waals surface area (Å²) in [7, 11) is -4.45. The minimum absolute atomic E-state index is 0.204. The molecule has 29 heavy (non-hydrogen) atoms. The first-order valence-electron chi connectivity index (χ1n) is 8.23. The van der Waals surface area contributed by atoms with E-state index in [1.807, 2.05) is 4.98 Å². The van der Waals surface area contributed by atoms with Crippen LogP contribution in [0.2, 0.25) is 0 Å². The Morgan fingerprint density at radius 3 is 2.31 bits per heavy atom. The van der Waals surface area contributed by atoms with Gasteiger partial charge in [0.2, 0.25) is 0 Å². The Morgan fingerprint density at radius 1 is 1.10 bits per heavy atom. The maximum absolute atomic E-state index is 13.5. The second kappa shape index (κ2) is 6.41. The van der Waals surface area contributed by atoms with Gasteiger partial charge in [-0.15, -0.1) is 0 Å². The molecule has 0 amide bonds. The van der Waals surface area contributed by atoms with Crippen molar-refractivity contribution in [2.24, 2.45) is 0 Å². The average Bonchev–Trinajstić information content (AvgIpc) is 3.29. The van der Waals surface area contributed by atoms with Crippen molar-refractivity contribution in [2.45, 2.75) is 24.3 Å². The van der Waals surface area contributed by atoms with Crippen molar-refractivity contribution in [2.75, 3.05) is 0 Å². The van der Waals surface area contributed by atoms with E-state index in [0.29, 0.717) is 10.2 Å². The number of H-pyrrole nitrogens is 1. The van der Waals surface area contributed by atoms with Crippen molar-refractivity contribution < 1.29 is 31.1 Å². The summed E-state index contributed by atoms with van der Waals surface area (Å²) in [5.74, 6) is 0. The number of pyridine rings is 1. The number of aryl methyl sites for hydroxylation is 1. The number of nitrogens with zero attached hydrogens (tertiary/aromatic N) is 1. The summed E-state index contributed by atoms with van der Waals surface area (Å²) < 4.78 is 77.9. The van der Waals surface area contributed by atoms with Crippen LogP contribution in [0.15, 0.2) is 58.7 Å². The van der Waals surface area contributed by atoms with Crippen LogP contribution in [0.1, 0.15) is 23.1 Å². The molecule has 0 aliphatic carbocycles. The lowest BCUT2D eigenvalue weighted by Crippen LogP contribution is -2.22. The van der Waals surface area contributed by atoms with E-state index in [-0.39, 0.29) is 10.6 Å². The third kappa shape index (κ3) is 3.07. The van der Waals surface area contributed by atoms with Crippen LogP contribution in [-0.4, -0.2) is 17.4 Å². The predicted molar refractivity (Wildman–Crippen MR) is 95.4 cm³/mol. The second-order valence-electron chi connectivity index (χ2n) is 6.32. The number of nitrogens with one attached hydrogen (secondary N) is 1. The molecule has 0 atom stereocenters. The molecule has 3 aromatic rings. The summed E-state index contributed by atoms with van der Waals surface area (Å²) >= 11 is 0. The standard InChI is InChI=1S/C18H13F3N2O5S/c1-10-2-4-11(5-3-10)29(25,26)23-14(17-27-6-7-28-17)8-12-13(18(19,20)21)9-22-16(24)15(12)23/h2-9,17H,1H3,(H,22,24). The smallest absolute Gasteiger partial charge is 0.418 e. The number of rotatable bonds is 3. The Kier molecular flexibility index (Phi) is 4.23. The highest BCUT2D eigenvalue weighted by Crippen LogP contribution is 2.38. The lowest BCUT2D eigenvalue weighted by atomic mass is 10.2. The number of aromatic amines is 1. The quantitative estimate of drug-likeness (QED) is 0.693. The van der Waals surface area contributed by atoms with Crippen LogP contribution in [0.25, 0.3) is 10.9 Å². The third-order valence-corrected chi connectivity index (χ3v) is 6.15. The van der Waals surface area contributed by atoms with Gasteiger partial charge >= 0.3 is 6.18 Å². The molecule has 0 bridgehead atoms. The van der Waals surface area contributed by atoms with Gasteiger partial charge in [0, 0.05) is 11.6 Å². The first-order chi connectivity index (χ1) is 13.6. The van der Waals surface area contributed by atoms with Crippen molar-refractivity contribution in [3.8, 4) is 0 Å². The molecule has 0 radical (unpaired) electrons. The van der Waals surface area contributed by atoms with Gasteiger partial charge in [0.05, 0.1) is 10.5 Å². The van der Waals surface area contributed by atoms with E-state index in [9.17, 15) is 26.4 Å². The van der Waals surface area contributed by atoms with Gasteiger partial charge < -0.3 is 14.5 Å². The Balaban J connectivity index is 2.10. The first kappa shape index (κ1) is 19.1. The van der Waals surface area contributed by atoms with Crippen LogP contribution in [0.4, 0.5) is 13.2 Å². The number of ether oxygens (including phenoxy) is 2. The van der Waals surface area contributed by atoms with Gasteiger partial charge in [0.25, 0.3) is 21.9 Å². The monoisotopic (exact) mass is 426 g/mol. The molecule has 1 aromatic carbocycles. The molecular formula is C18H13F3N2O5S. The third-order valence-electron chi connectivity index (χ3n) is 4.40. The molecule has 3 heterocycles. The SMILES string of the molecule is Cc1ccc(S(=O)(=O)n2c(C3OC=CO3)cc3c(C(F)(F)F)c[nH]c(=O)c32)cc1. The molecule has 1 aliphatic rings. The van der Waals surface area contributed by atoms with E-state index < -0.39 is 44.5 Å². The van der Waals surface area contributed by atoms with E-state index in [2.05, 4.69) is 0 Å². The molecule has 152 valence electrons. The van der Waals surface area contributed by atoms with Crippen LogP contribution < -0.4 is 5.56 Å². The normalized spacial score (nSPS) is 14.9. The Morgan fingerprint density at radius 2 is 1.72 bits per heavy atom. The molecule has 1 N–H and O–H groups in total. The van der Waals surface area contributed by atoms with Crippen LogP contribution in [0, 0.1) is 6.92 Å². The van der Waals surface area contributed by atoms with Crippen molar-refractivity contribution in [3.05, 3.63) is 76.2 Å². The van der Waals surface area contributed by atoms with Gasteiger partial charge in [0.1, 0.15) is 23.7 Å². The molecule has 0 spiro atoms. The summed E-state index contributed by atoms with van der Waals surface area (Å²) in [5, 5.41) is -0.578. The lowest BCUT2D eigenvalue weighted by molar-refractivity contribution is -0.136. The number of fused-ring (bicyclic) bond motifs is 1. The van der Waals surface area contributed by atoms with Gasteiger partial charge in [-0.1, -0.05) is 17.7 Å². The van der Waals surface area contributed by atoms with E-state index in [4.69, 9.17) is 9.47 Å². The first-order valence-corrected chi connectivity index (χ1v) is 9.67. The molecule has 4 rings (SSSR count). The zero-order valence-electron chi connectivity index (χ0n) is 14.7. The van der Waals surface area contributed by atoms with Gasteiger partial charge in [-0.05, 0) is 25.1 Å². The maximum atomic E-state index is 13.5. The number of alkyl halides is 3. The van der Waals surface area contributed by atoms with E-state index >= 15 is 0 Å². The largest absolute Gasteiger partial charge is 0.454 e. The van der Waals surface area contributed by atoms with Crippen LogP contribution >= 0.6 is 0 Å². The Hall–Kier alpha value is -3.21. The summed E-state index contributed by atoms with van der Waals surface area (Å²) in [4.78, 5) is 14.2. The topological polar surface area (TPSA) is 90.4 Å². The highest BCUT2D eigenvalue weighted by Gasteiger charge is 2.38. The van der Waals surface area contributed by atoms with Crippen molar-refractivity contribution in [3.63, 3.8) is 0 Å². The van der Waals surface area contributed by atoms with Gasteiger partial charge in [-0.25, -0.2) is 12.4 Å². The fraction of sp³-hybridized carbons (Fsp3) is 0.167. The van der Waals surface area contributed by atoms with Crippen molar-refractivity contribution >= 4 is 20.9 Å². The van der Waals surface area contributed by atoms with Crippen LogP contribution in [-0.2, 0) is 25.7 Å². The summed E-state index contributed by atoms with van der Waals surface area (Å²) in [5.41, 5.74) is -2.34. The molecule has 0 fully saturated rings. The Bertz CT molecular complexity index is 1280. The van der Waals surface area contributed by atoms with E-state index in [0.717, 1.165) is 24.2 Å². The molecule has 7 nitrogen and oxygen atoms in total. The average molecular weight is 426 g/mol. The number of halogens is 3. The number of benzene rings is 1. The van der Waals surface area contributed by atoms with Gasteiger partial charge in [-0.3, -0.25) is 4.79 Å². The second-order valence-corrected chi connectivity index (χ2v) is 8.11. The Labute approximate surface area is 162 Å². The van der Waals surface area contributed by atoms with E-state index in [1.165, 1.54) is 24.3 Å². The van der Waals surface area contributed by atoms with E-state index in [1.54, 1.807) is 6.92 Å². The zero-order chi connectivity index (χ0) is 21.0. The predicted octanol–water partition coefficient (Wildman–Crippen LogP) is 3.41. The molecule has 0 saturated carbocycles. The maximum Gasteiger partial charge on any atom is 0.418 e. The van der Waals surface area contributed by atoms with Gasteiger partial charge in [0.15, 0.2) is 0 Å². The molecule has 11 heteroatoms. The summed E-state index contributed by atoms with van der Waals surface area (Å²) in [6, 6.07) is 6.62. The fourth-order valence-corrected chi connectivity index (χ4v) is 4.60. The summed E-state index contributed by atoms with van der Waals surface area (Å²) in [6.07, 6.45) is -3.40. The van der Waals surface area contributed by atoms with Gasteiger partial charge in [-0.2, -0.15) is 13.2 Å². The molecule has 2 aromatic heterocycles. The highest BCUT2D eigenvalue weighted by molar-refractivity contribution is 7.90.